The van der Waals surface area contributed by atoms with E-state index in [2.05, 4.69) is 47.2 Å². The Hall–Kier alpha value is -5.10. The molecular formula is C61H86F3N11O8. The van der Waals surface area contributed by atoms with Crippen LogP contribution >= 0.6 is 0 Å². The molecule has 19 nitrogen and oxygen atoms in total. The Morgan fingerprint density at radius 2 is 1.73 bits per heavy atom. The summed E-state index contributed by atoms with van der Waals surface area (Å²) in [5.41, 5.74) is 6.30. The van der Waals surface area contributed by atoms with Gasteiger partial charge in [-0.25, -0.2) is 5.43 Å². The zero-order valence-electron chi connectivity index (χ0n) is 49.6. The van der Waals surface area contributed by atoms with Crippen LogP contribution in [0.4, 0.5) is 24.5 Å². The van der Waals surface area contributed by atoms with Crippen molar-refractivity contribution in [2.45, 2.75) is 147 Å². The number of piperazine rings is 1. The Bertz CT molecular complexity index is 2940. The van der Waals surface area contributed by atoms with Crippen LogP contribution in [0.2, 0.25) is 0 Å². The lowest BCUT2D eigenvalue weighted by Crippen LogP contribution is -2.62. The molecule has 10 heterocycles. The Kier molecular flexibility index (Phi) is 16.1. The zero-order valence-corrected chi connectivity index (χ0v) is 49.6. The zero-order chi connectivity index (χ0) is 58.3. The normalized spacial score (nSPS) is 30.9. The summed E-state index contributed by atoms with van der Waals surface area (Å²) in [4.78, 5) is 76.5. The summed E-state index contributed by atoms with van der Waals surface area (Å²) in [5.74, 6) is -0.430. The monoisotopic (exact) mass is 1160 g/mol. The third-order valence-corrected chi connectivity index (χ3v) is 19.8. The predicted molar refractivity (Wildman–Crippen MR) is 306 cm³/mol. The number of hydrogen-bond acceptors (Lipinski definition) is 15. The molecule has 3 amide bonds. The standard InChI is InChI=1S/C61H86F3N11O8/c1-37(2)51(72-17-14-60(33-72)15-18-73(34-60)57(78)54-52(68(54)6)39-10-11-39)55(76)66-48-27-43-31-71(22-24-82-43)40-12-13-49-44(25-40)46(28-59(4,5)36-83-58(79)47-9-8-16-75(67-47)56(48)77)53(74(49)35-61(62,63)64)45-26-41(29-65-50(45)38(3)80-7)70-20-19-69-21-23-81-32-42(69)30-70/h12-13,25-26,29,37-39,42-43,47-48,51-52,54,67H,8-11,14-24,27-28,30-36H2,1-7H3,(H,66,76)/t38-,42-,43-,47-,48-,51-,52+,54+,60-,68?/m0/s1. The highest BCUT2D eigenvalue weighted by Gasteiger charge is 2.59. The second kappa shape index (κ2) is 23.0. The number of likely N-dealkylation sites (N-methyl/N-ethyl adjacent to an activating group) is 1. The van der Waals surface area contributed by atoms with Crippen molar-refractivity contribution in [2.75, 3.05) is 122 Å². The highest BCUT2D eigenvalue weighted by molar-refractivity contribution is 5.95. The maximum absolute atomic E-state index is 15.3. The molecule has 6 bridgehead atoms. The molecule has 454 valence electrons. The largest absolute Gasteiger partial charge is 0.464 e. The first-order valence-electron chi connectivity index (χ1n) is 30.6. The molecule has 2 aromatic heterocycles. The van der Waals surface area contributed by atoms with Crippen LogP contribution in [-0.4, -0.2) is 219 Å². The van der Waals surface area contributed by atoms with Crippen LogP contribution in [0.1, 0.15) is 96.9 Å². The number of rotatable bonds is 11. The molecule has 12 rings (SSSR count). The number of carbonyl (C=O) groups is 4. The van der Waals surface area contributed by atoms with Crippen molar-refractivity contribution in [1.82, 2.24) is 44.9 Å². The Morgan fingerprint density at radius 1 is 0.940 bits per heavy atom. The van der Waals surface area contributed by atoms with Crippen LogP contribution < -0.4 is 20.5 Å². The van der Waals surface area contributed by atoms with Crippen LogP contribution in [0.15, 0.2) is 30.5 Å². The van der Waals surface area contributed by atoms with E-state index < -0.39 is 54.4 Å². The summed E-state index contributed by atoms with van der Waals surface area (Å²) in [7, 11) is 3.63. The lowest BCUT2D eigenvalue weighted by Gasteiger charge is -2.44. The van der Waals surface area contributed by atoms with Gasteiger partial charge in [-0.05, 0) is 107 Å². The second-order valence-corrected chi connectivity index (χ2v) is 26.8. The van der Waals surface area contributed by atoms with Gasteiger partial charge in [0.2, 0.25) is 11.8 Å². The van der Waals surface area contributed by atoms with Crippen LogP contribution in [0.25, 0.3) is 22.2 Å². The maximum Gasteiger partial charge on any atom is 0.406 e. The summed E-state index contributed by atoms with van der Waals surface area (Å²) in [6.45, 7) is 17.0. The highest BCUT2D eigenvalue weighted by atomic mass is 19.4. The second-order valence-electron chi connectivity index (χ2n) is 26.8. The minimum absolute atomic E-state index is 0.0207. The van der Waals surface area contributed by atoms with Gasteiger partial charge in [-0.1, -0.05) is 27.7 Å². The smallest absolute Gasteiger partial charge is 0.406 e. The molecule has 1 aromatic carbocycles. The SMILES string of the molecule is CO[C@@H](C)c1ncc(N2CCN3CCOC[C@@H]3C2)cc1-c1c2c3cc(ccc3n1CC(F)(F)F)N1CCO[C@@H](C[C@H](NC(=O)[C@H](C(C)C)N3CC[C@]4(CCN(C(=O)[C@H]5[C@@H](C6CC6)N5C)C4)C3)C(=O)N3CCC[C@H](N3)C(=O)OCC(C)(C)C2)C1. The first kappa shape index (κ1) is 58.3. The van der Waals surface area contributed by atoms with E-state index in [-0.39, 0.29) is 60.6 Å². The van der Waals surface area contributed by atoms with Gasteiger partial charge in [0.1, 0.15) is 24.7 Å². The van der Waals surface area contributed by atoms with Crippen LogP contribution in [0.3, 0.4) is 0 Å². The van der Waals surface area contributed by atoms with Gasteiger partial charge < -0.3 is 43.5 Å². The number of esters is 1. The third kappa shape index (κ3) is 12.0. The summed E-state index contributed by atoms with van der Waals surface area (Å²) in [5, 5.41) is 5.32. The number of benzene rings is 1. The molecule has 83 heavy (non-hydrogen) atoms. The van der Waals surface area contributed by atoms with E-state index >= 15 is 22.8 Å². The van der Waals surface area contributed by atoms with E-state index in [1.807, 2.05) is 52.8 Å². The fourth-order valence-electron chi connectivity index (χ4n) is 15.2. The molecule has 10 atom stereocenters. The van der Waals surface area contributed by atoms with Gasteiger partial charge >= 0.3 is 12.1 Å². The average Bonchev–Trinajstić information content (AvgIpc) is 2.14. The molecule has 0 radical (unpaired) electrons. The number of nitrogens with one attached hydrogen (secondary N) is 2. The number of likely N-dealkylation sites (tertiary alicyclic amines) is 2. The number of anilines is 2. The van der Waals surface area contributed by atoms with Gasteiger partial charge in [-0.15, -0.1) is 0 Å². The number of halogens is 3. The molecule has 22 heteroatoms. The molecule has 1 saturated carbocycles. The number of hydrazine groups is 1. The van der Waals surface area contributed by atoms with Gasteiger partial charge in [0, 0.05) is 118 Å². The van der Waals surface area contributed by atoms with Crippen LogP contribution in [0, 0.1) is 22.7 Å². The van der Waals surface area contributed by atoms with E-state index in [4.69, 9.17) is 23.9 Å². The number of cyclic esters (lactones) is 1. The summed E-state index contributed by atoms with van der Waals surface area (Å²) >= 11 is 0. The fraction of sp³-hybridized carbons (Fsp3) is 0.721. The number of fused-ring (bicyclic) bond motifs is 7. The first-order chi connectivity index (χ1) is 39.7. The number of carbonyl (C=O) groups excluding carboxylic acids is 4. The maximum atomic E-state index is 15.3. The molecule has 8 aliphatic heterocycles. The van der Waals surface area contributed by atoms with Gasteiger partial charge in [-0.3, -0.25) is 43.9 Å². The molecule has 1 unspecified atom stereocenters. The minimum atomic E-state index is -4.61. The van der Waals surface area contributed by atoms with Crippen molar-refractivity contribution >= 4 is 46.0 Å². The predicted octanol–water partition coefficient (Wildman–Crippen LogP) is 5.24. The number of aromatic nitrogens is 2. The molecule has 7 saturated heterocycles. The summed E-state index contributed by atoms with van der Waals surface area (Å²) in [6.07, 6.45) is 1.48. The number of alkyl halides is 3. The number of morpholine rings is 2. The van der Waals surface area contributed by atoms with Crippen LogP contribution in [-0.2, 0) is 51.1 Å². The molecule has 9 aliphatic rings. The van der Waals surface area contributed by atoms with E-state index in [1.54, 1.807) is 19.4 Å². The number of pyridine rings is 1. The van der Waals surface area contributed by atoms with E-state index in [0.29, 0.717) is 137 Å². The number of methoxy groups -OCH3 is 1. The van der Waals surface area contributed by atoms with Gasteiger partial charge in [0.25, 0.3) is 5.91 Å². The van der Waals surface area contributed by atoms with Crippen molar-refractivity contribution in [3.8, 4) is 11.3 Å². The average molecular weight is 1160 g/mol. The minimum Gasteiger partial charge on any atom is -0.464 e. The third-order valence-electron chi connectivity index (χ3n) is 19.8. The van der Waals surface area contributed by atoms with E-state index in [1.165, 1.54) is 22.4 Å². The molecule has 3 aromatic rings. The van der Waals surface area contributed by atoms with Crippen molar-refractivity contribution in [2.24, 2.45) is 22.7 Å². The molecular weight excluding hydrogens is 1070 g/mol. The molecule has 8 fully saturated rings. The van der Waals surface area contributed by atoms with Crippen molar-refractivity contribution in [3.05, 3.63) is 41.7 Å². The molecule has 2 N–H and O–H groups in total. The fourth-order valence-corrected chi connectivity index (χ4v) is 15.2. The van der Waals surface area contributed by atoms with Gasteiger partial charge in [0.15, 0.2) is 0 Å². The van der Waals surface area contributed by atoms with Crippen LogP contribution in [0.5, 0.6) is 0 Å². The van der Waals surface area contributed by atoms with Gasteiger partial charge in [0.05, 0.1) is 74.0 Å². The van der Waals surface area contributed by atoms with Crippen molar-refractivity contribution in [1.29, 1.82) is 0 Å². The Labute approximate surface area is 485 Å². The van der Waals surface area contributed by atoms with Gasteiger partial charge in [-0.2, -0.15) is 13.2 Å². The topological polar surface area (TPSA) is 170 Å². The van der Waals surface area contributed by atoms with E-state index in [9.17, 15) is 9.59 Å². The molecule has 1 spiro atoms. The summed E-state index contributed by atoms with van der Waals surface area (Å²) in [6, 6.07) is 5.64. The number of ether oxygens (including phenoxy) is 4. The number of hydrogen-bond donors (Lipinski definition) is 2. The quantitative estimate of drug-likeness (QED) is 0.189. The first-order valence-corrected chi connectivity index (χ1v) is 30.6. The highest BCUT2D eigenvalue weighted by Crippen LogP contribution is 2.49. The van der Waals surface area contributed by atoms with Crippen molar-refractivity contribution < 1.29 is 51.3 Å². The Morgan fingerprint density at radius 3 is 2.51 bits per heavy atom. The number of nitrogens with zero attached hydrogens (tertiary/aromatic N) is 9. The Balaban J connectivity index is 0.866. The van der Waals surface area contributed by atoms with E-state index in [0.717, 1.165) is 37.3 Å². The lowest BCUT2D eigenvalue weighted by atomic mass is 9.84. The number of amides is 3. The summed E-state index contributed by atoms with van der Waals surface area (Å²) < 4.78 is 71.6. The molecule has 1 aliphatic carbocycles. The lowest BCUT2D eigenvalue weighted by molar-refractivity contribution is -0.156. The van der Waals surface area contributed by atoms with Crippen molar-refractivity contribution in [3.63, 3.8) is 0 Å².